The number of nitrogens with one attached hydrogen (secondary N) is 1. The number of likely N-dealkylation sites (N-methyl/N-ethyl adjacent to an activating group) is 1. The second-order valence-electron chi connectivity index (χ2n) is 5.95. The number of rotatable bonds is 3. The molecule has 1 fully saturated rings. The fraction of sp³-hybridized carbons (Fsp3) is 0.353. The van der Waals surface area contributed by atoms with Crippen molar-refractivity contribution in [1.82, 2.24) is 19.8 Å². The number of hydrogen-bond donors (Lipinski definition) is 1. The lowest BCUT2D eigenvalue weighted by Crippen LogP contribution is -2.47. The van der Waals surface area contributed by atoms with Gasteiger partial charge in [-0.3, -0.25) is 4.79 Å². The number of carbonyl (C=O) groups is 1. The first-order valence-electron chi connectivity index (χ1n) is 7.87. The molecule has 0 radical (unpaired) electrons. The first-order chi connectivity index (χ1) is 11.5. The standard InChI is InChI=1S/C17H20BrN5O/c1-12-11-13(18)3-4-14(12)20-17-19-6-5-15(21-17)16(24)23-9-7-22(2)8-10-23/h3-6,11H,7-10H2,1-2H3,(H,19,20,21). The molecule has 24 heavy (non-hydrogen) atoms. The summed E-state index contributed by atoms with van der Waals surface area (Å²) in [4.78, 5) is 25.3. The lowest BCUT2D eigenvalue weighted by atomic mass is 10.2. The Morgan fingerprint density at radius 2 is 1.96 bits per heavy atom. The largest absolute Gasteiger partial charge is 0.335 e. The van der Waals surface area contributed by atoms with Crippen molar-refractivity contribution in [2.45, 2.75) is 6.92 Å². The zero-order valence-electron chi connectivity index (χ0n) is 13.8. The van der Waals surface area contributed by atoms with Crippen LogP contribution in [-0.2, 0) is 0 Å². The van der Waals surface area contributed by atoms with Crippen molar-refractivity contribution < 1.29 is 4.79 Å². The highest BCUT2D eigenvalue weighted by atomic mass is 79.9. The predicted octanol–water partition coefficient (Wildman–Crippen LogP) is 2.68. The minimum atomic E-state index is -0.0407. The quantitative estimate of drug-likeness (QED) is 0.873. The van der Waals surface area contributed by atoms with E-state index in [2.05, 4.69) is 43.2 Å². The molecule has 0 aliphatic carbocycles. The summed E-state index contributed by atoms with van der Waals surface area (Å²) in [7, 11) is 2.06. The van der Waals surface area contributed by atoms with Crippen molar-refractivity contribution in [2.75, 3.05) is 38.5 Å². The fourth-order valence-electron chi connectivity index (χ4n) is 2.60. The molecule has 6 nitrogen and oxygen atoms in total. The van der Waals surface area contributed by atoms with Gasteiger partial charge in [0.2, 0.25) is 5.95 Å². The molecule has 1 aromatic carbocycles. The van der Waals surface area contributed by atoms with Crippen LogP contribution < -0.4 is 5.32 Å². The summed E-state index contributed by atoms with van der Waals surface area (Å²) in [6.07, 6.45) is 1.62. The zero-order valence-corrected chi connectivity index (χ0v) is 15.4. The van der Waals surface area contributed by atoms with E-state index in [1.54, 1.807) is 12.3 Å². The van der Waals surface area contributed by atoms with E-state index in [1.165, 1.54) is 0 Å². The van der Waals surface area contributed by atoms with Crippen LogP contribution in [0.5, 0.6) is 0 Å². The van der Waals surface area contributed by atoms with Gasteiger partial charge in [0.05, 0.1) is 0 Å². The number of anilines is 2. The molecule has 0 atom stereocenters. The summed E-state index contributed by atoms with van der Waals surface area (Å²) in [5.74, 6) is 0.390. The number of halogens is 1. The predicted molar refractivity (Wildman–Crippen MR) is 97.6 cm³/mol. The highest BCUT2D eigenvalue weighted by Gasteiger charge is 2.21. The van der Waals surface area contributed by atoms with E-state index in [-0.39, 0.29) is 5.91 Å². The van der Waals surface area contributed by atoms with Crippen molar-refractivity contribution in [1.29, 1.82) is 0 Å². The van der Waals surface area contributed by atoms with E-state index in [0.717, 1.165) is 41.9 Å². The minimum absolute atomic E-state index is 0.0407. The van der Waals surface area contributed by atoms with E-state index in [9.17, 15) is 4.79 Å². The van der Waals surface area contributed by atoms with Crippen LogP contribution in [0.4, 0.5) is 11.6 Å². The van der Waals surface area contributed by atoms with Crippen LogP contribution >= 0.6 is 15.9 Å². The van der Waals surface area contributed by atoms with Crippen LogP contribution in [0.2, 0.25) is 0 Å². The van der Waals surface area contributed by atoms with E-state index in [4.69, 9.17) is 0 Å². The van der Waals surface area contributed by atoms with E-state index >= 15 is 0 Å². The van der Waals surface area contributed by atoms with Gasteiger partial charge in [0.1, 0.15) is 5.69 Å². The molecule has 0 saturated carbocycles. The topological polar surface area (TPSA) is 61.4 Å². The minimum Gasteiger partial charge on any atom is -0.335 e. The maximum absolute atomic E-state index is 12.6. The van der Waals surface area contributed by atoms with Gasteiger partial charge in [-0.25, -0.2) is 9.97 Å². The number of amides is 1. The molecule has 1 amide bonds. The number of benzene rings is 1. The van der Waals surface area contributed by atoms with Gasteiger partial charge in [-0.15, -0.1) is 0 Å². The maximum atomic E-state index is 12.6. The van der Waals surface area contributed by atoms with E-state index in [0.29, 0.717) is 11.6 Å². The first-order valence-corrected chi connectivity index (χ1v) is 8.66. The smallest absolute Gasteiger partial charge is 0.272 e. The normalized spacial score (nSPS) is 15.4. The lowest BCUT2D eigenvalue weighted by Gasteiger charge is -2.32. The molecule has 0 bridgehead atoms. The second kappa shape index (κ2) is 7.27. The summed E-state index contributed by atoms with van der Waals surface area (Å²) >= 11 is 3.45. The number of nitrogens with zero attached hydrogens (tertiary/aromatic N) is 4. The molecular weight excluding hydrogens is 370 g/mol. The molecule has 7 heteroatoms. The molecule has 126 valence electrons. The number of aryl methyl sites for hydroxylation is 1. The van der Waals surface area contributed by atoms with Crippen LogP contribution in [0.15, 0.2) is 34.9 Å². The molecule has 0 spiro atoms. The third-order valence-corrected chi connectivity index (χ3v) is 4.59. The maximum Gasteiger partial charge on any atom is 0.272 e. The van der Waals surface area contributed by atoms with E-state index < -0.39 is 0 Å². The fourth-order valence-corrected chi connectivity index (χ4v) is 3.07. The highest BCUT2D eigenvalue weighted by Crippen LogP contribution is 2.22. The molecule has 1 aliphatic heterocycles. The third kappa shape index (κ3) is 3.91. The SMILES string of the molecule is Cc1cc(Br)ccc1Nc1nccc(C(=O)N2CCN(C)CC2)n1. The summed E-state index contributed by atoms with van der Waals surface area (Å²) in [6, 6.07) is 7.59. The Bertz CT molecular complexity index is 744. The van der Waals surface area contributed by atoms with Crippen LogP contribution in [0.1, 0.15) is 16.1 Å². The third-order valence-electron chi connectivity index (χ3n) is 4.10. The number of aromatic nitrogens is 2. The van der Waals surface area contributed by atoms with Crippen molar-refractivity contribution in [2.24, 2.45) is 0 Å². The Kier molecular flexibility index (Phi) is 5.11. The molecule has 1 saturated heterocycles. The van der Waals surface area contributed by atoms with Crippen LogP contribution in [-0.4, -0.2) is 58.9 Å². The average Bonchev–Trinajstić information content (AvgIpc) is 2.58. The average molecular weight is 390 g/mol. The van der Waals surface area contributed by atoms with Gasteiger partial charge in [-0.1, -0.05) is 15.9 Å². The Hall–Kier alpha value is -1.99. The van der Waals surface area contributed by atoms with Crippen molar-refractivity contribution in [3.05, 3.63) is 46.2 Å². The molecular formula is C17H20BrN5O. The van der Waals surface area contributed by atoms with Crippen molar-refractivity contribution in [3.8, 4) is 0 Å². The number of hydrogen-bond acceptors (Lipinski definition) is 5. The molecule has 2 heterocycles. The molecule has 2 aromatic rings. The monoisotopic (exact) mass is 389 g/mol. The highest BCUT2D eigenvalue weighted by molar-refractivity contribution is 9.10. The summed E-state index contributed by atoms with van der Waals surface area (Å²) in [6.45, 7) is 5.24. The molecule has 1 N–H and O–H groups in total. The summed E-state index contributed by atoms with van der Waals surface area (Å²) < 4.78 is 1.02. The molecule has 1 aliphatic rings. The summed E-state index contributed by atoms with van der Waals surface area (Å²) in [5.41, 5.74) is 2.41. The number of piperazine rings is 1. The van der Waals surface area contributed by atoms with Gasteiger partial charge < -0.3 is 15.1 Å². The molecule has 0 unspecified atom stereocenters. The van der Waals surface area contributed by atoms with Crippen LogP contribution in [0, 0.1) is 6.92 Å². The van der Waals surface area contributed by atoms with Gasteiger partial charge in [-0.05, 0) is 43.8 Å². The summed E-state index contributed by atoms with van der Waals surface area (Å²) in [5, 5.41) is 3.18. The van der Waals surface area contributed by atoms with E-state index in [1.807, 2.05) is 30.0 Å². The molecule has 1 aromatic heterocycles. The second-order valence-corrected chi connectivity index (χ2v) is 6.86. The molecule has 3 rings (SSSR count). The van der Waals surface area contributed by atoms with Crippen molar-refractivity contribution in [3.63, 3.8) is 0 Å². The Balaban J connectivity index is 1.75. The Labute approximate surface area is 150 Å². The van der Waals surface area contributed by atoms with Gasteiger partial charge in [0, 0.05) is 42.5 Å². The van der Waals surface area contributed by atoms with Gasteiger partial charge in [-0.2, -0.15) is 0 Å². The van der Waals surface area contributed by atoms with Gasteiger partial charge in [0.15, 0.2) is 0 Å². The van der Waals surface area contributed by atoms with Crippen LogP contribution in [0.3, 0.4) is 0 Å². The Morgan fingerprint density at radius 1 is 1.21 bits per heavy atom. The Morgan fingerprint density at radius 3 is 2.67 bits per heavy atom. The van der Waals surface area contributed by atoms with Crippen LogP contribution in [0.25, 0.3) is 0 Å². The number of carbonyl (C=O) groups excluding carboxylic acids is 1. The lowest BCUT2D eigenvalue weighted by molar-refractivity contribution is 0.0658. The van der Waals surface area contributed by atoms with Gasteiger partial charge in [0.25, 0.3) is 5.91 Å². The van der Waals surface area contributed by atoms with Gasteiger partial charge >= 0.3 is 0 Å². The zero-order chi connectivity index (χ0) is 17.1. The van der Waals surface area contributed by atoms with Crippen molar-refractivity contribution >= 4 is 33.5 Å². The first kappa shape index (κ1) is 16.9.